The summed E-state index contributed by atoms with van der Waals surface area (Å²) in [5.41, 5.74) is 0. The summed E-state index contributed by atoms with van der Waals surface area (Å²) in [6, 6.07) is 0. The number of fused-ring (bicyclic) bond motifs is 1. The van der Waals surface area contributed by atoms with Gasteiger partial charge in [0.25, 0.3) is 0 Å². The summed E-state index contributed by atoms with van der Waals surface area (Å²) in [4.78, 5) is 18.9. The lowest BCUT2D eigenvalue weighted by atomic mass is 9.72. The Balaban J connectivity index is 1.80. The van der Waals surface area contributed by atoms with Gasteiger partial charge in [-0.25, -0.2) is 4.98 Å². The highest BCUT2D eigenvalue weighted by atomic mass is 32.1. The van der Waals surface area contributed by atoms with Gasteiger partial charge < -0.3 is 9.64 Å². The van der Waals surface area contributed by atoms with Crippen molar-refractivity contribution in [1.82, 2.24) is 4.98 Å². The average Bonchev–Trinajstić information content (AvgIpc) is 3.07. The zero-order valence-electron chi connectivity index (χ0n) is 11.9. The second kappa shape index (κ2) is 5.56. The van der Waals surface area contributed by atoms with Crippen molar-refractivity contribution in [1.29, 1.82) is 0 Å². The highest BCUT2D eigenvalue weighted by Gasteiger charge is 2.45. The molecule has 20 heavy (non-hydrogen) atoms. The van der Waals surface area contributed by atoms with E-state index in [1.807, 2.05) is 18.5 Å². The molecule has 2 heterocycles. The molecule has 0 unspecified atom stereocenters. The Morgan fingerprint density at radius 2 is 2.35 bits per heavy atom. The number of hydrogen-bond acceptors (Lipinski definition) is 5. The van der Waals surface area contributed by atoms with E-state index in [1.165, 1.54) is 0 Å². The topological polar surface area (TPSA) is 42.4 Å². The molecular formula is C15H20N2O2S. The van der Waals surface area contributed by atoms with E-state index in [2.05, 4.69) is 29.0 Å². The summed E-state index contributed by atoms with van der Waals surface area (Å²) >= 11 is 1.66. The molecule has 4 atom stereocenters. The minimum atomic E-state index is -0.0414. The summed E-state index contributed by atoms with van der Waals surface area (Å²) in [5, 5.41) is 3.06. The molecule has 1 aromatic rings. The SMILES string of the molecule is CCOC(=O)[C@@H]1[C@H]2CN(c3nccs3)C[C@@H]2C=C[C@@H]1C. The number of thiazole rings is 1. The van der Waals surface area contributed by atoms with Gasteiger partial charge in [-0.15, -0.1) is 11.3 Å². The summed E-state index contributed by atoms with van der Waals surface area (Å²) < 4.78 is 5.28. The fourth-order valence-electron chi connectivity index (χ4n) is 3.42. The van der Waals surface area contributed by atoms with Gasteiger partial charge in [0.15, 0.2) is 5.13 Å². The zero-order valence-corrected chi connectivity index (χ0v) is 12.7. The van der Waals surface area contributed by atoms with Gasteiger partial charge >= 0.3 is 5.97 Å². The number of rotatable bonds is 3. The van der Waals surface area contributed by atoms with Crippen molar-refractivity contribution < 1.29 is 9.53 Å². The standard InChI is InChI=1S/C15H20N2O2S/c1-3-19-14(18)13-10(2)4-5-11-8-17(9-12(11)13)15-16-6-7-20-15/h4-7,10-13H,3,8-9H2,1-2H3/t10-,11-,12-,13-/m0/s1. The predicted molar refractivity (Wildman–Crippen MR) is 79.7 cm³/mol. The molecule has 0 N–H and O–H groups in total. The number of esters is 1. The summed E-state index contributed by atoms with van der Waals surface area (Å²) in [5.74, 6) is 0.976. The van der Waals surface area contributed by atoms with Gasteiger partial charge in [-0.05, 0) is 24.7 Å². The highest BCUT2D eigenvalue weighted by molar-refractivity contribution is 7.13. The van der Waals surface area contributed by atoms with Gasteiger partial charge in [0.1, 0.15) is 0 Å². The van der Waals surface area contributed by atoms with E-state index in [0.717, 1.165) is 18.2 Å². The second-order valence-electron chi connectivity index (χ2n) is 5.57. The van der Waals surface area contributed by atoms with Crippen LogP contribution in [0.1, 0.15) is 13.8 Å². The quantitative estimate of drug-likeness (QED) is 0.634. The molecule has 0 saturated carbocycles. The Bertz CT molecular complexity index is 500. The summed E-state index contributed by atoms with van der Waals surface area (Å²) in [7, 11) is 0. The van der Waals surface area contributed by atoms with Gasteiger partial charge in [0.05, 0.1) is 12.5 Å². The third kappa shape index (κ3) is 2.35. The number of aromatic nitrogens is 1. The summed E-state index contributed by atoms with van der Waals surface area (Å²) in [6.07, 6.45) is 6.29. The number of allylic oxidation sites excluding steroid dienone is 1. The van der Waals surface area contributed by atoms with Crippen LogP contribution < -0.4 is 4.90 Å². The highest BCUT2D eigenvalue weighted by Crippen LogP contribution is 2.41. The Kier molecular flexibility index (Phi) is 3.78. The van der Waals surface area contributed by atoms with Gasteiger partial charge in [0.2, 0.25) is 0 Å². The van der Waals surface area contributed by atoms with E-state index < -0.39 is 0 Å². The molecule has 1 saturated heterocycles. The van der Waals surface area contributed by atoms with Crippen molar-refractivity contribution in [3.05, 3.63) is 23.7 Å². The van der Waals surface area contributed by atoms with Gasteiger partial charge in [0, 0.05) is 24.7 Å². The molecular weight excluding hydrogens is 272 g/mol. The van der Waals surface area contributed by atoms with E-state index in [-0.39, 0.29) is 17.8 Å². The molecule has 3 rings (SSSR count). The van der Waals surface area contributed by atoms with E-state index >= 15 is 0 Å². The minimum absolute atomic E-state index is 0.0186. The number of carbonyl (C=O) groups is 1. The first-order chi connectivity index (χ1) is 9.70. The van der Waals surface area contributed by atoms with E-state index in [9.17, 15) is 4.79 Å². The molecule has 1 aromatic heterocycles. The van der Waals surface area contributed by atoms with Crippen LogP contribution in [0.25, 0.3) is 0 Å². The molecule has 0 aromatic carbocycles. The third-order valence-electron chi connectivity index (χ3n) is 4.35. The number of ether oxygens (including phenoxy) is 1. The van der Waals surface area contributed by atoms with Crippen LogP contribution in [0, 0.1) is 23.7 Å². The second-order valence-corrected chi connectivity index (χ2v) is 6.44. The molecule has 4 nitrogen and oxygen atoms in total. The van der Waals surface area contributed by atoms with Crippen LogP contribution in [-0.4, -0.2) is 30.6 Å². The van der Waals surface area contributed by atoms with Gasteiger partial charge in [-0.2, -0.15) is 0 Å². The molecule has 108 valence electrons. The number of hydrogen-bond donors (Lipinski definition) is 0. The molecule has 2 aliphatic rings. The van der Waals surface area contributed by atoms with Gasteiger partial charge in [-0.3, -0.25) is 4.79 Å². The lowest BCUT2D eigenvalue weighted by molar-refractivity contribution is -0.151. The maximum atomic E-state index is 12.3. The monoisotopic (exact) mass is 292 g/mol. The van der Waals surface area contributed by atoms with Crippen molar-refractivity contribution >= 4 is 22.4 Å². The van der Waals surface area contributed by atoms with Crippen molar-refractivity contribution in [2.24, 2.45) is 23.7 Å². The molecule has 1 aliphatic heterocycles. The van der Waals surface area contributed by atoms with Crippen molar-refractivity contribution in [2.45, 2.75) is 13.8 Å². The molecule has 5 heteroatoms. The Hall–Kier alpha value is -1.36. The molecule has 0 bridgehead atoms. The van der Waals surface area contributed by atoms with E-state index in [0.29, 0.717) is 18.4 Å². The molecule has 0 spiro atoms. The van der Waals surface area contributed by atoms with Crippen LogP contribution in [0.15, 0.2) is 23.7 Å². The predicted octanol–water partition coefficient (Wildman–Crippen LogP) is 2.58. The molecule has 1 aliphatic carbocycles. The third-order valence-corrected chi connectivity index (χ3v) is 5.18. The number of carbonyl (C=O) groups excluding carboxylic acids is 1. The maximum absolute atomic E-state index is 12.3. The lowest BCUT2D eigenvalue weighted by Crippen LogP contribution is -2.37. The van der Waals surface area contributed by atoms with E-state index in [4.69, 9.17) is 4.74 Å². The smallest absolute Gasteiger partial charge is 0.309 e. The van der Waals surface area contributed by atoms with Crippen LogP contribution in [-0.2, 0) is 9.53 Å². The van der Waals surface area contributed by atoms with Crippen molar-refractivity contribution in [3.63, 3.8) is 0 Å². The minimum Gasteiger partial charge on any atom is -0.466 e. The number of anilines is 1. The first-order valence-electron chi connectivity index (χ1n) is 7.20. The Labute approximate surface area is 123 Å². The van der Waals surface area contributed by atoms with Crippen molar-refractivity contribution in [2.75, 3.05) is 24.6 Å². The van der Waals surface area contributed by atoms with E-state index in [1.54, 1.807) is 11.3 Å². The van der Waals surface area contributed by atoms with Crippen molar-refractivity contribution in [3.8, 4) is 0 Å². The zero-order chi connectivity index (χ0) is 14.1. The number of nitrogens with zero attached hydrogens (tertiary/aromatic N) is 2. The summed E-state index contributed by atoms with van der Waals surface area (Å²) in [6.45, 7) is 6.29. The van der Waals surface area contributed by atoms with Crippen LogP contribution in [0.5, 0.6) is 0 Å². The average molecular weight is 292 g/mol. The Morgan fingerprint density at radius 3 is 3.05 bits per heavy atom. The largest absolute Gasteiger partial charge is 0.466 e. The van der Waals surface area contributed by atoms with Crippen LogP contribution >= 0.6 is 11.3 Å². The fraction of sp³-hybridized carbons (Fsp3) is 0.600. The van der Waals surface area contributed by atoms with Crippen LogP contribution in [0.2, 0.25) is 0 Å². The van der Waals surface area contributed by atoms with Crippen LogP contribution in [0.3, 0.4) is 0 Å². The first-order valence-corrected chi connectivity index (χ1v) is 8.08. The maximum Gasteiger partial charge on any atom is 0.309 e. The normalized spacial score (nSPS) is 32.2. The van der Waals surface area contributed by atoms with Gasteiger partial charge in [-0.1, -0.05) is 19.1 Å². The molecule has 1 fully saturated rings. The van der Waals surface area contributed by atoms with Crippen LogP contribution in [0.4, 0.5) is 5.13 Å². The molecule has 0 radical (unpaired) electrons. The molecule has 0 amide bonds. The first kappa shape index (κ1) is 13.6. The fourth-order valence-corrected chi connectivity index (χ4v) is 4.08. The Morgan fingerprint density at radius 1 is 1.50 bits per heavy atom. The lowest BCUT2D eigenvalue weighted by Gasteiger charge is -2.31.